The predicted octanol–water partition coefficient (Wildman–Crippen LogP) is 1.51. The van der Waals surface area contributed by atoms with Crippen LogP contribution in [-0.4, -0.2) is 39.9 Å². The molecule has 1 atom stereocenters. The van der Waals surface area contributed by atoms with E-state index in [1.54, 1.807) is 6.07 Å². The molecule has 0 aromatic carbocycles. The molecular formula is C13H20N4OS. The molecule has 1 fully saturated rings. The molecule has 1 aliphatic rings. The molecule has 6 heteroatoms. The SMILES string of the molecule is CCc1cc(C(=O)N2CCSC(C)C2)cc(NN)n1. The fourth-order valence-electron chi connectivity index (χ4n) is 2.15. The highest BCUT2D eigenvalue weighted by atomic mass is 32.2. The highest BCUT2D eigenvalue weighted by Gasteiger charge is 2.23. The second kappa shape index (κ2) is 6.25. The van der Waals surface area contributed by atoms with Gasteiger partial charge in [-0.25, -0.2) is 10.8 Å². The molecule has 1 aliphatic heterocycles. The van der Waals surface area contributed by atoms with Crippen molar-refractivity contribution in [2.24, 2.45) is 5.84 Å². The second-order valence-electron chi connectivity index (χ2n) is 4.66. The van der Waals surface area contributed by atoms with Gasteiger partial charge in [-0.15, -0.1) is 0 Å². The number of carbonyl (C=O) groups excluding carboxylic acids is 1. The van der Waals surface area contributed by atoms with E-state index in [0.29, 0.717) is 16.6 Å². The number of pyridine rings is 1. The average molecular weight is 280 g/mol. The largest absolute Gasteiger partial charge is 0.337 e. The molecule has 1 amide bonds. The van der Waals surface area contributed by atoms with Crippen LogP contribution < -0.4 is 11.3 Å². The molecule has 1 saturated heterocycles. The Morgan fingerprint density at radius 3 is 3.05 bits per heavy atom. The number of hydrogen-bond donors (Lipinski definition) is 2. The first kappa shape index (κ1) is 14.1. The summed E-state index contributed by atoms with van der Waals surface area (Å²) >= 11 is 1.91. The van der Waals surface area contributed by atoms with E-state index in [9.17, 15) is 4.79 Å². The highest BCUT2D eigenvalue weighted by molar-refractivity contribution is 7.99. The summed E-state index contributed by atoms with van der Waals surface area (Å²) in [5, 5.41) is 0.497. The number of hydrazine groups is 1. The van der Waals surface area contributed by atoms with Crippen molar-refractivity contribution in [3.63, 3.8) is 0 Å². The van der Waals surface area contributed by atoms with Crippen LogP contribution in [0.4, 0.5) is 5.82 Å². The Hall–Kier alpha value is -1.27. The van der Waals surface area contributed by atoms with Crippen molar-refractivity contribution in [2.45, 2.75) is 25.5 Å². The van der Waals surface area contributed by atoms with Crippen LogP contribution in [0.15, 0.2) is 12.1 Å². The summed E-state index contributed by atoms with van der Waals surface area (Å²) in [6, 6.07) is 3.57. The smallest absolute Gasteiger partial charge is 0.254 e. The van der Waals surface area contributed by atoms with E-state index in [4.69, 9.17) is 5.84 Å². The van der Waals surface area contributed by atoms with E-state index in [1.807, 2.05) is 29.7 Å². The minimum Gasteiger partial charge on any atom is -0.337 e. The molecule has 0 radical (unpaired) electrons. The van der Waals surface area contributed by atoms with Gasteiger partial charge in [-0.2, -0.15) is 11.8 Å². The zero-order valence-corrected chi connectivity index (χ0v) is 12.2. The fraction of sp³-hybridized carbons (Fsp3) is 0.538. The van der Waals surface area contributed by atoms with Gasteiger partial charge in [-0.1, -0.05) is 13.8 Å². The third-order valence-corrected chi connectivity index (χ3v) is 4.30. The first-order valence-electron chi connectivity index (χ1n) is 6.52. The number of amides is 1. The molecule has 0 aliphatic carbocycles. The van der Waals surface area contributed by atoms with Gasteiger partial charge in [0.25, 0.3) is 5.91 Å². The maximum absolute atomic E-state index is 12.5. The van der Waals surface area contributed by atoms with Crippen LogP contribution in [0.5, 0.6) is 0 Å². The quantitative estimate of drug-likeness (QED) is 0.648. The van der Waals surface area contributed by atoms with Crippen molar-refractivity contribution in [1.29, 1.82) is 0 Å². The summed E-state index contributed by atoms with van der Waals surface area (Å²) < 4.78 is 0. The average Bonchev–Trinajstić information content (AvgIpc) is 2.45. The van der Waals surface area contributed by atoms with Crippen molar-refractivity contribution in [3.05, 3.63) is 23.4 Å². The summed E-state index contributed by atoms with van der Waals surface area (Å²) in [7, 11) is 0. The lowest BCUT2D eigenvalue weighted by molar-refractivity contribution is 0.0763. The molecule has 0 spiro atoms. The first-order valence-corrected chi connectivity index (χ1v) is 7.57. The van der Waals surface area contributed by atoms with Gasteiger partial charge >= 0.3 is 0 Å². The Morgan fingerprint density at radius 2 is 2.42 bits per heavy atom. The molecule has 1 aromatic heterocycles. The standard InChI is InChI=1S/C13H20N4OS/c1-3-11-6-10(7-12(15-11)16-14)13(18)17-4-5-19-9(2)8-17/h6-7,9H,3-5,8,14H2,1-2H3,(H,15,16). The number of nitrogens with one attached hydrogen (secondary N) is 1. The molecule has 1 aromatic rings. The molecule has 3 N–H and O–H groups in total. The number of aromatic nitrogens is 1. The lowest BCUT2D eigenvalue weighted by atomic mass is 10.1. The zero-order chi connectivity index (χ0) is 13.8. The number of thioether (sulfide) groups is 1. The van der Waals surface area contributed by atoms with E-state index in [2.05, 4.69) is 17.3 Å². The normalized spacial score (nSPS) is 19.3. The van der Waals surface area contributed by atoms with E-state index in [1.165, 1.54) is 0 Å². The van der Waals surface area contributed by atoms with Crippen molar-refractivity contribution in [2.75, 3.05) is 24.3 Å². The Balaban J connectivity index is 2.22. The third kappa shape index (κ3) is 3.39. The van der Waals surface area contributed by atoms with E-state index >= 15 is 0 Å². The highest BCUT2D eigenvalue weighted by Crippen LogP contribution is 2.20. The first-order chi connectivity index (χ1) is 9.13. The van der Waals surface area contributed by atoms with Crippen LogP contribution in [0.2, 0.25) is 0 Å². The topological polar surface area (TPSA) is 71.2 Å². The summed E-state index contributed by atoms with van der Waals surface area (Å²) in [5.74, 6) is 7.02. The van der Waals surface area contributed by atoms with E-state index in [-0.39, 0.29) is 5.91 Å². The number of hydrogen-bond acceptors (Lipinski definition) is 5. The Morgan fingerprint density at radius 1 is 1.63 bits per heavy atom. The van der Waals surface area contributed by atoms with Crippen molar-refractivity contribution >= 4 is 23.5 Å². The molecule has 0 saturated carbocycles. The van der Waals surface area contributed by atoms with Gasteiger partial charge in [0.1, 0.15) is 5.82 Å². The number of nitrogens with two attached hydrogens (primary N) is 1. The van der Waals surface area contributed by atoms with Crippen LogP contribution in [0, 0.1) is 0 Å². The molecule has 2 rings (SSSR count). The van der Waals surface area contributed by atoms with Crippen LogP contribution >= 0.6 is 11.8 Å². The van der Waals surface area contributed by atoms with Crippen LogP contribution in [0.25, 0.3) is 0 Å². The van der Waals surface area contributed by atoms with Gasteiger partial charge in [0.05, 0.1) is 0 Å². The van der Waals surface area contributed by atoms with Crippen molar-refractivity contribution in [3.8, 4) is 0 Å². The number of nitrogen functional groups attached to an aromatic ring is 1. The lowest BCUT2D eigenvalue weighted by Crippen LogP contribution is -2.41. The molecule has 0 bridgehead atoms. The molecule has 5 nitrogen and oxygen atoms in total. The van der Waals surface area contributed by atoms with Crippen molar-refractivity contribution < 1.29 is 4.79 Å². The van der Waals surface area contributed by atoms with Crippen LogP contribution in [0.3, 0.4) is 0 Å². The Labute approximate surface area is 117 Å². The molecule has 19 heavy (non-hydrogen) atoms. The van der Waals surface area contributed by atoms with Gasteiger partial charge in [0, 0.05) is 35.3 Å². The van der Waals surface area contributed by atoms with Gasteiger partial charge in [0.15, 0.2) is 0 Å². The molecule has 1 unspecified atom stereocenters. The zero-order valence-electron chi connectivity index (χ0n) is 11.3. The number of carbonyl (C=O) groups is 1. The van der Waals surface area contributed by atoms with E-state index < -0.39 is 0 Å². The summed E-state index contributed by atoms with van der Waals surface area (Å²) in [4.78, 5) is 18.7. The minimum absolute atomic E-state index is 0.0701. The van der Waals surface area contributed by atoms with Gasteiger partial charge in [-0.3, -0.25) is 4.79 Å². The van der Waals surface area contributed by atoms with Gasteiger partial charge in [-0.05, 0) is 18.6 Å². The summed E-state index contributed by atoms with van der Waals surface area (Å²) in [5.41, 5.74) is 4.06. The number of rotatable bonds is 3. The fourth-order valence-corrected chi connectivity index (χ4v) is 3.17. The Kier molecular flexibility index (Phi) is 4.66. The maximum atomic E-state index is 12.5. The van der Waals surface area contributed by atoms with E-state index in [0.717, 1.165) is 31.0 Å². The number of nitrogens with zero attached hydrogens (tertiary/aromatic N) is 2. The van der Waals surface area contributed by atoms with Crippen molar-refractivity contribution in [1.82, 2.24) is 9.88 Å². The summed E-state index contributed by atoms with van der Waals surface area (Å²) in [6.45, 7) is 5.78. The number of anilines is 1. The third-order valence-electron chi connectivity index (χ3n) is 3.16. The molecular weight excluding hydrogens is 260 g/mol. The number of aryl methyl sites for hydroxylation is 1. The second-order valence-corrected chi connectivity index (χ2v) is 6.21. The summed E-state index contributed by atoms with van der Waals surface area (Å²) in [6.07, 6.45) is 0.780. The predicted molar refractivity (Wildman–Crippen MR) is 79.2 cm³/mol. The Bertz CT molecular complexity index is 444. The monoisotopic (exact) mass is 280 g/mol. The molecule has 104 valence electrons. The maximum Gasteiger partial charge on any atom is 0.254 e. The van der Waals surface area contributed by atoms with Gasteiger partial charge < -0.3 is 10.3 Å². The van der Waals surface area contributed by atoms with Crippen LogP contribution in [-0.2, 0) is 6.42 Å². The van der Waals surface area contributed by atoms with Gasteiger partial charge in [0.2, 0.25) is 0 Å². The molecule has 2 heterocycles. The van der Waals surface area contributed by atoms with Crippen LogP contribution in [0.1, 0.15) is 29.9 Å². The minimum atomic E-state index is 0.0701. The lowest BCUT2D eigenvalue weighted by Gasteiger charge is -2.30.